The van der Waals surface area contributed by atoms with Gasteiger partial charge >= 0.3 is 0 Å². The Morgan fingerprint density at radius 2 is 2.06 bits per heavy atom. The molecule has 0 saturated carbocycles. The van der Waals surface area contributed by atoms with E-state index in [2.05, 4.69) is 5.32 Å². The quantitative estimate of drug-likeness (QED) is 0.769. The second kappa shape index (κ2) is 6.95. The standard InChI is InChI=1S/C11H14ClNO3/c1-15-9-4-2-3-5-10(9)16-8-11(14)13-7-6-12/h2-5H,6-8H2,1H3,(H,13,14). The van der Waals surface area contributed by atoms with Crippen LogP contribution < -0.4 is 14.8 Å². The zero-order valence-corrected chi connectivity index (χ0v) is 9.79. The first-order valence-corrected chi connectivity index (χ1v) is 5.40. The number of carbonyl (C=O) groups is 1. The zero-order valence-electron chi connectivity index (χ0n) is 9.03. The number of rotatable bonds is 6. The van der Waals surface area contributed by atoms with E-state index in [1.165, 1.54) is 0 Å². The third-order valence-corrected chi connectivity index (χ3v) is 2.03. The highest BCUT2D eigenvalue weighted by Crippen LogP contribution is 2.25. The van der Waals surface area contributed by atoms with Crippen LogP contribution in [0.25, 0.3) is 0 Å². The number of methoxy groups -OCH3 is 1. The van der Waals surface area contributed by atoms with E-state index in [4.69, 9.17) is 21.1 Å². The summed E-state index contributed by atoms with van der Waals surface area (Å²) in [7, 11) is 1.55. The van der Waals surface area contributed by atoms with E-state index < -0.39 is 0 Å². The Morgan fingerprint density at radius 1 is 1.38 bits per heavy atom. The summed E-state index contributed by atoms with van der Waals surface area (Å²) < 4.78 is 10.4. The first kappa shape index (κ1) is 12.6. The molecule has 0 spiro atoms. The molecule has 0 radical (unpaired) electrons. The van der Waals surface area contributed by atoms with Gasteiger partial charge in [-0.2, -0.15) is 0 Å². The van der Waals surface area contributed by atoms with Crippen molar-refractivity contribution in [2.24, 2.45) is 0 Å². The molecule has 88 valence electrons. The molecule has 0 bridgehead atoms. The van der Waals surface area contributed by atoms with Crippen LogP contribution in [0.2, 0.25) is 0 Å². The van der Waals surface area contributed by atoms with Gasteiger partial charge in [-0.15, -0.1) is 11.6 Å². The molecule has 0 atom stereocenters. The van der Waals surface area contributed by atoms with Crippen LogP contribution in [0.5, 0.6) is 11.5 Å². The van der Waals surface area contributed by atoms with Gasteiger partial charge in [0.25, 0.3) is 5.91 Å². The van der Waals surface area contributed by atoms with E-state index in [1.54, 1.807) is 19.2 Å². The number of nitrogens with one attached hydrogen (secondary N) is 1. The molecule has 4 nitrogen and oxygen atoms in total. The molecule has 0 fully saturated rings. The van der Waals surface area contributed by atoms with Gasteiger partial charge in [0, 0.05) is 12.4 Å². The second-order valence-electron chi connectivity index (χ2n) is 2.98. The largest absolute Gasteiger partial charge is 0.493 e. The number of ether oxygens (including phenoxy) is 2. The van der Waals surface area contributed by atoms with Gasteiger partial charge in [-0.3, -0.25) is 4.79 Å². The molecule has 0 aliphatic rings. The summed E-state index contributed by atoms with van der Waals surface area (Å²) in [5, 5.41) is 2.60. The Hall–Kier alpha value is -1.42. The monoisotopic (exact) mass is 243 g/mol. The van der Waals surface area contributed by atoms with Crippen molar-refractivity contribution in [1.29, 1.82) is 0 Å². The summed E-state index contributed by atoms with van der Waals surface area (Å²) in [5.41, 5.74) is 0. The van der Waals surface area contributed by atoms with E-state index in [-0.39, 0.29) is 12.5 Å². The predicted octanol–water partition coefficient (Wildman–Crippen LogP) is 1.43. The minimum Gasteiger partial charge on any atom is -0.493 e. The lowest BCUT2D eigenvalue weighted by Crippen LogP contribution is -2.30. The van der Waals surface area contributed by atoms with Crippen LogP contribution >= 0.6 is 11.6 Å². The van der Waals surface area contributed by atoms with Crippen molar-refractivity contribution >= 4 is 17.5 Å². The van der Waals surface area contributed by atoms with Gasteiger partial charge in [-0.1, -0.05) is 12.1 Å². The van der Waals surface area contributed by atoms with Crippen molar-refractivity contribution in [2.45, 2.75) is 0 Å². The number of halogens is 1. The first-order valence-electron chi connectivity index (χ1n) is 4.86. The molecule has 0 saturated heterocycles. The fraction of sp³-hybridized carbons (Fsp3) is 0.364. The molecule has 1 amide bonds. The summed E-state index contributed by atoms with van der Waals surface area (Å²) in [6, 6.07) is 7.16. The second-order valence-corrected chi connectivity index (χ2v) is 3.36. The van der Waals surface area contributed by atoms with Crippen LogP contribution in [0.15, 0.2) is 24.3 Å². The number of benzene rings is 1. The fourth-order valence-corrected chi connectivity index (χ4v) is 1.21. The Labute approximate surface area is 99.5 Å². The van der Waals surface area contributed by atoms with Crippen LogP contribution in [0.1, 0.15) is 0 Å². The minimum absolute atomic E-state index is 0.0444. The van der Waals surface area contributed by atoms with Crippen LogP contribution in [0.3, 0.4) is 0 Å². The molecule has 1 rings (SSSR count). The molecule has 16 heavy (non-hydrogen) atoms. The first-order chi connectivity index (χ1) is 7.77. The van der Waals surface area contributed by atoms with E-state index in [1.807, 2.05) is 12.1 Å². The van der Waals surface area contributed by atoms with Crippen LogP contribution in [0.4, 0.5) is 0 Å². The lowest BCUT2D eigenvalue weighted by Gasteiger charge is -2.09. The fourth-order valence-electron chi connectivity index (χ4n) is 1.12. The molecular weight excluding hydrogens is 230 g/mol. The molecule has 1 N–H and O–H groups in total. The minimum atomic E-state index is -0.202. The summed E-state index contributed by atoms with van der Waals surface area (Å²) in [5.74, 6) is 1.34. The smallest absolute Gasteiger partial charge is 0.257 e. The van der Waals surface area contributed by atoms with Crippen molar-refractivity contribution in [3.63, 3.8) is 0 Å². The summed E-state index contributed by atoms with van der Waals surface area (Å²) >= 11 is 5.43. The van der Waals surface area contributed by atoms with Crippen LogP contribution in [-0.4, -0.2) is 32.0 Å². The summed E-state index contributed by atoms with van der Waals surface area (Å²) in [6.07, 6.45) is 0. The normalized spacial score (nSPS) is 9.62. The Bertz CT molecular complexity index is 344. The number of para-hydroxylation sites is 2. The third-order valence-electron chi connectivity index (χ3n) is 1.84. The topological polar surface area (TPSA) is 47.6 Å². The van der Waals surface area contributed by atoms with Crippen LogP contribution in [-0.2, 0) is 4.79 Å². The number of hydrogen-bond acceptors (Lipinski definition) is 3. The number of carbonyl (C=O) groups excluding carboxylic acids is 1. The highest BCUT2D eigenvalue weighted by Gasteiger charge is 2.05. The SMILES string of the molecule is COc1ccccc1OCC(=O)NCCCl. The maximum atomic E-state index is 11.2. The lowest BCUT2D eigenvalue weighted by atomic mass is 10.3. The van der Waals surface area contributed by atoms with Gasteiger partial charge in [-0.05, 0) is 12.1 Å². The Morgan fingerprint density at radius 3 is 2.69 bits per heavy atom. The number of hydrogen-bond donors (Lipinski definition) is 1. The van der Waals surface area contributed by atoms with Crippen molar-refractivity contribution < 1.29 is 14.3 Å². The van der Waals surface area contributed by atoms with Crippen LogP contribution in [0, 0.1) is 0 Å². The van der Waals surface area contributed by atoms with E-state index >= 15 is 0 Å². The van der Waals surface area contributed by atoms with Gasteiger partial charge in [0.05, 0.1) is 7.11 Å². The highest BCUT2D eigenvalue weighted by atomic mass is 35.5. The van der Waals surface area contributed by atoms with Crippen molar-refractivity contribution in [3.8, 4) is 11.5 Å². The third kappa shape index (κ3) is 3.98. The highest BCUT2D eigenvalue weighted by molar-refractivity contribution is 6.18. The molecule has 0 unspecified atom stereocenters. The maximum Gasteiger partial charge on any atom is 0.257 e. The molecule has 0 aliphatic heterocycles. The van der Waals surface area contributed by atoms with Gasteiger partial charge in [-0.25, -0.2) is 0 Å². The molecule has 1 aromatic carbocycles. The van der Waals surface area contributed by atoms with Gasteiger partial charge in [0.1, 0.15) is 0 Å². The summed E-state index contributed by atoms with van der Waals surface area (Å²) in [6.45, 7) is 0.396. The number of alkyl halides is 1. The van der Waals surface area contributed by atoms with Gasteiger partial charge in [0.2, 0.25) is 0 Å². The average Bonchev–Trinajstić information content (AvgIpc) is 2.34. The zero-order chi connectivity index (χ0) is 11.8. The molecule has 0 aliphatic carbocycles. The average molecular weight is 244 g/mol. The van der Waals surface area contributed by atoms with Gasteiger partial charge in [0.15, 0.2) is 18.1 Å². The van der Waals surface area contributed by atoms with Crippen molar-refractivity contribution in [1.82, 2.24) is 5.32 Å². The van der Waals surface area contributed by atoms with E-state index in [9.17, 15) is 4.79 Å². The Kier molecular flexibility index (Phi) is 5.50. The lowest BCUT2D eigenvalue weighted by molar-refractivity contribution is -0.122. The van der Waals surface area contributed by atoms with E-state index in [0.29, 0.717) is 23.9 Å². The van der Waals surface area contributed by atoms with Crippen molar-refractivity contribution in [2.75, 3.05) is 26.1 Å². The maximum absolute atomic E-state index is 11.2. The molecular formula is C11H14ClNO3. The molecule has 1 aromatic rings. The summed E-state index contributed by atoms with van der Waals surface area (Å²) in [4.78, 5) is 11.2. The Balaban J connectivity index is 2.44. The molecule has 0 heterocycles. The number of amides is 1. The van der Waals surface area contributed by atoms with Gasteiger partial charge < -0.3 is 14.8 Å². The van der Waals surface area contributed by atoms with E-state index in [0.717, 1.165) is 0 Å². The molecule has 0 aromatic heterocycles. The predicted molar refractivity (Wildman–Crippen MR) is 62.2 cm³/mol. The van der Waals surface area contributed by atoms with Crippen molar-refractivity contribution in [3.05, 3.63) is 24.3 Å². The molecule has 5 heteroatoms.